The Bertz CT molecular complexity index is 402. The van der Waals surface area contributed by atoms with Crippen LogP contribution >= 0.6 is 0 Å². The minimum atomic E-state index is -1.53. The summed E-state index contributed by atoms with van der Waals surface area (Å²) in [5.41, 5.74) is 3.58. The SMILES string of the molecule is CC(CCCOc1ccccc1)(C(N)=O)C(=O)O. The van der Waals surface area contributed by atoms with Gasteiger partial charge in [-0.25, -0.2) is 0 Å². The molecule has 18 heavy (non-hydrogen) atoms. The molecule has 0 heterocycles. The van der Waals surface area contributed by atoms with Crippen molar-refractivity contribution in [1.82, 2.24) is 0 Å². The Hall–Kier alpha value is -2.04. The molecule has 0 bridgehead atoms. The van der Waals surface area contributed by atoms with Gasteiger partial charge in [-0.1, -0.05) is 18.2 Å². The van der Waals surface area contributed by atoms with Crippen LogP contribution in [0.4, 0.5) is 0 Å². The van der Waals surface area contributed by atoms with Gasteiger partial charge in [0, 0.05) is 0 Å². The molecule has 0 fully saturated rings. The lowest BCUT2D eigenvalue weighted by molar-refractivity contribution is -0.154. The smallest absolute Gasteiger partial charge is 0.318 e. The number of nitrogens with two attached hydrogens (primary N) is 1. The molecule has 0 spiro atoms. The molecule has 0 saturated heterocycles. The summed E-state index contributed by atoms with van der Waals surface area (Å²) in [6, 6.07) is 9.19. The molecule has 1 unspecified atom stereocenters. The summed E-state index contributed by atoms with van der Waals surface area (Å²) in [4.78, 5) is 22.1. The van der Waals surface area contributed by atoms with Crippen LogP contribution in [0.3, 0.4) is 0 Å². The predicted octanol–water partition coefficient (Wildman–Crippen LogP) is 1.42. The van der Waals surface area contributed by atoms with E-state index in [1.807, 2.05) is 30.3 Å². The van der Waals surface area contributed by atoms with Crippen molar-refractivity contribution >= 4 is 11.9 Å². The predicted molar refractivity (Wildman–Crippen MR) is 66.1 cm³/mol. The maximum atomic E-state index is 11.1. The van der Waals surface area contributed by atoms with Crippen LogP contribution in [0.1, 0.15) is 19.8 Å². The Kier molecular flexibility index (Phi) is 4.71. The number of carbonyl (C=O) groups is 2. The fourth-order valence-corrected chi connectivity index (χ4v) is 1.47. The minimum absolute atomic E-state index is 0.157. The van der Waals surface area contributed by atoms with Gasteiger partial charge in [-0.3, -0.25) is 9.59 Å². The molecule has 98 valence electrons. The molecule has 0 radical (unpaired) electrons. The van der Waals surface area contributed by atoms with Gasteiger partial charge in [0.15, 0.2) is 0 Å². The van der Waals surface area contributed by atoms with E-state index in [2.05, 4.69) is 0 Å². The highest BCUT2D eigenvalue weighted by Gasteiger charge is 2.38. The van der Waals surface area contributed by atoms with Crippen molar-refractivity contribution in [2.45, 2.75) is 19.8 Å². The van der Waals surface area contributed by atoms with Crippen LogP contribution < -0.4 is 10.5 Å². The monoisotopic (exact) mass is 251 g/mol. The van der Waals surface area contributed by atoms with E-state index < -0.39 is 17.3 Å². The van der Waals surface area contributed by atoms with E-state index in [1.165, 1.54) is 6.92 Å². The van der Waals surface area contributed by atoms with Crippen LogP contribution in [-0.4, -0.2) is 23.6 Å². The average molecular weight is 251 g/mol. The minimum Gasteiger partial charge on any atom is -0.494 e. The second-order valence-corrected chi connectivity index (χ2v) is 4.27. The largest absolute Gasteiger partial charge is 0.494 e. The van der Waals surface area contributed by atoms with E-state index in [9.17, 15) is 9.59 Å². The quantitative estimate of drug-likeness (QED) is 0.566. The third-order valence-electron chi connectivity index (χ3n) is 2.85. The number of amides is 1. The van der Waals surface area contributed by atoms with Crippen molar-refractivity contribution in [1.29, 1.82) is 0 Å². The molecular weight excluding hydrogens is 234 g/mol. The van der Waals surface area contributed by atoms with Gasteiger partial charge in [0.25, 0.3) is 0 Å². The van der Waals surface area contributed by atoms with E-state index in [1.54, 1.807) is 0 Å². The molecule has 5 heteroatoms. The number of para-hydroxylation sites is 1. The number of carboxylic acids is 1. The molecule has 3 N–H and O–H groups in total. The zero-order chi connectivity index (χ0) is 13.6. The molecule has 1 aromatic rings. The normalized spacial score (nSPS) is 13.6. The summed E-state index contributed by atoms with van der Waals surface area (Å²) >= 11 is 0. The van der Waals surface area contributed by atoms with Crippen molar-refractivity contribution in [2.75, 3.05) is 6.61 Å². The molecule has 1 amide bonds. The highest BCUT2D eigenvalue weighted by molar-refractivity contribution is 6.00. The number of rotatable bonds is 7. The molecule has 0 aliphatic rings. The third-order valence-corrected chi connectivity index (χ3v) is 2.85. The lowest BCUT2D eigenvalue weighted by Crippen LogP contribution is -2.41. The second kappa shape index (κ2) is 6.05. The average Bonchev–Trinajstić information content (AvgIpc) is 2.35. The van der Waals surface area contributed by atoms with E-state index in [4.69, 9.17) is 15.6 Å². The molecular formula is C13H17NO4. The summed E-state index contributed by atoms with van der Waals surface area (Å²) in [7, 11) is 0. The Morgan fingerprint density at radius 1 is 1.33 bits per heavy atom. The molecule has 1 rings (SSSR count). The molecule has 1 aromatic carbocycles. The number of benzene rings is 1. The van der Waals surface area contributed by atoms with Crippen LogP contribution in [0.15, 0.2) is 30.3 Å². The summed E-state index contributed by atoms with van der Waals surface area (Å²) in [6.07, 6.45) is 0.602. The van der Waals surface area contributed by atoms with Crippen molar-refractivity contribution in [3.8, 4) is 5.75 Å². The van der Waals surface area contributed by atoms with E-state index in [0.717, 1.165) is 0 Å². The summed E-state index contributed by atoms with van der Waals surface area (Å²) in [6.45, 7) is 1.68. The third kappa shape index (κ3) is 3.48. The fourth-order valence-electron chi connectivity index (χ4n) is 1.47. The van der Waals surface area contributed by atoms with Gasteiger partial charge >= 0.3 is 5.97 Å². The van der Waals surface area contributed by atoms with Crippen LogP contribution in [0.25, 0.3) is 0 Å². The molecule has 0 aromatic heterocycles. The van der Waals surface area contributed by atoms with Gasteiger partial charge in [-0.2, -0.15) is 0 Å². The molecule has 1 atom stereocenters. The van der Waals surface area contributed by atoms with Crippen LogP contribution in [0.5, 0.6) is 5.75 Å². The van der Waals surface area contributed by atoms with Gasteiger partial charge in [0.05, 0.1) is 6.61 Å². The Balaban J connectivity index is 2.41. The zero-order valence-electron chi connectivity index (χ0n) is 10.3. The summed E-state index contributed by atoms with van der Waals surface area (Å²) < 4.78 is 5.42. The van der Waals surface area contributed by atoms with Gasteiger partial charge in [-0.15, -0.1) is 0 Å². The maximum absolute atomic E-state index is 11.1. The number of carboxylic acid groups (broad SMARTS) is 1. The Morgan fingerprint density at radius 3 is 2.44 bits per heavy atom. The first-order valence-electron chi connectivity index (χ1n) is 5.68. The number of carbonyl (C=O) groups excluding carboxylic acids is 1. The first-order valence-corrected chi connectivity index (χ1v) is 5.68. The topological polar surface area (TPSA) is 89.6 Å². The van der Waals surface area contributed by atoms with Crippen LogP contribution in [0, 0.1) is 5.41 Å². The van der Waals surface area contributed by atoms with Crippen LogP contribution in [0.2, 0.25) is 0 Å². The fraction of sp³-hybridized carbons (Fsp3) is 0.385. The van der Waals surface area contributed by atoms with Gasteiger partial charge in [-0.05, 0) is 31.9 Å². The molecule has 0 aliphatic heterocycles. The number of hydrogen-bond acceptors (Lipinski definition) is 3. The van der Waals surface area contributed by atoms with E-state index in [0.29, 0.717) is 18.8 Å². The van der Waals surface area contributed by atoms with Crippen LogP contribution in [-0.2, 0) is 9.59 Å². The van der Waals surface area contributed by atoms with E-state index >= 15 is 0 Å². The summed E-state index contributed by atoms with van der Waals surface area (Å²) in [5.74, 6) is -1.31. The van der Waals surface area contributed by atoms with Crippen molar-refractivity contribution in [3.05, 3.63) is 30.3 Å². The maximum Gasteiger partial charge on any atom is 0.318 e. The Labute approximate surface area is 106 Å². The number of ether oxygens (including phenoxy) is 1. The van der Waals surface area contributed by atoms with Crippen molar-refractivity contribution in [2.24, 2.45) is 11.1 Å². The molecule has 5 nitrogen and oxygen atoms in total. The van der Waals surface area contributed by atoms with Gasteiger partial charge < -0.3 is 15.6 Å². The standard InChI is InChI=1S/C13H17NO4/c1-13(11(14)15,12(16)17)8-5-9-18-10-6-3-2-4-7-10/h2-4,6-7H,5,8-9H2,1H3,(H2,14,15)(H,16,17). The van der Waals surface area contributed by atoms with Crippen molar-refractivity contribution < 1.29 is 19.4 Å². The summed E-state index contributed by atoms with van der Waals surface area (Å²) in [5, 5.41) is 8.98. The van der Waals surface area contributed by atoms with E-state index in [-0.39, 0.29) is 6.42 Å². The highest BCUT2D eigenvalue weighted by Crippen LogP contribution is 2.23. The molecule has 0 aliphatic carbocycles. The van der Waals surface area contributed by atoms with Gasteiger partial charge in [0.2, 0.25) is 5.91 Å². The Morgan fingerprint density at radius 2 is 1.94 bits per heavy atom. The number of primary amides is 1. The molecule has 0 saturated carbocycles. The lowest BCUT2D eigenvalue weighted by atomic mass is 9.85. The zero-order valence-corrected chi connectivity index (χ0v) is 10.3. The highest BCUT2D eigenvalue weighted by atomic mass is 16.5. The van der Waals surface area contributed by atoms with Crippen molar-refractivity contribution in [3.63, 3.8) is 0 Å². The first-order chi connectivity index (χ1) is 8.47. The number of aliphatic carboxylic acids is 1. The second-order valence-electron chi connectivity index (χ2n) is 4.27. The first kappa shape index (κ1) is 14.0. The number of hydrogen-bond donors (Lipinski definition) is 2. The lowest BCUT2D eigenvalue weighted by Gasteiger charge is -2.20. The van der Waals surface area contributed by atoms with Gasteiger partial charge in [0.1, 0.15) is 11.2 Å².